The normalized spacial score (nSPS) is 11.1. The molecule has 0 amide bonds. The van der Waals surface area contributed by atoms with Gasteiger partial charge in [-0.15, -0.1) is 0 Å². The Morgan fingerprint density at radius 1 is 1.15 bits per heavy atom. The second kappa shape index (κ2) is 5.78. The smallest absolute Gasteiger partial charge is 0.261 e. The monoisotopic (exact) mass is 326 g/mol. The molecule has 0 heterocycles. The number of nitrogens with two attached hydrogens (primary N) is 1. The molecule has 0 aromatic heterocycles. The van der Waals surface area contributed by atoms with Gasteiger partial charge in [-0.2, -0.15) is 0 Å². The van der Waals surface area contributed by atoms with Crippen LogP contribution in [0.25, 0.3) is 0 Å². The maximum atomic E-state index is 12.2. The molecule has 2 aromatic carbocycles. The quantitative estimate of drug-likeness (QED) is 0.847. The lowest BCUT2D eigenvalue weighted by atomic mass is 10.2. The van der Waals surface area contributed by atoms with Crippen molar-refractivity contribution in [1.29, 1.82) is 0 Å². The van der Waals surface area contributed by atoms with Gasteiger partial charge < -0.3 is 5.73 Å². The summed E-state index contributed by atoms with van der Waals surface area (Å²) >= 11 is 10.9. The van der Waals surface area contributed by atoms with Crippen LogP contribution in [0.1, 0.15) is 5.56 Å². The third kappa shape index (κ3) is 3.27. The Balaban J connectivity index is 2.33. The molecule has 0 saturated carbocycles. The van der Waals surface area contributed by atoms with Gasteiger partial charge in [0.25, 0.3) is 10.0 Å². The molecule has 104 valence electrons. The van der Waals surface area contributed by atoms with Crippen LogP contribution in [0.3, 0.4) is 0 Å². The number of anilines is 1. The van der Waals surface area contributed by atoms with Gasteiger partial charge in [0.15, 0.2) is 0 Å². The van der Waals surface area contributed by atoms with Gasteiger partial charge in [0.1, 0.15) is 4.99 Å². The summed E-state index contributed by atoms with van der Waals surface area (Å²) in [5.74, 6) is 0. The molecular weight excluding hydrogens is 316 g/mol. The van der Waals surface area contributed by atoms with Crippen LogP contribution in [-0.2, 0) is 10.0 Å². The van der Waals surface area contributed by atoms with Crippen molar-refractivity contribution in [2.24, 2.45) is 5.73 Å². The molecule has 0 atom stereocenters. The standard InChI is InChI=1S/C13H11ClN2O2S2/c14-11-8-9(13(15)19)6-7-12(11)16-20(17,18)10-4-2-1-3-5-10/h1-8,16H,(H2,15,19). The van der Waals surface area contributed by atoms with Crippen LogP contribution in [0.15, 0.2) is 53.4 Å². The maximum absolute atomic E-state index is 12.2. The van der Waals surface area contributed by atoms with Crippen molar-refractivity contribution in [1.82, 2.24) is 0 Å². The topological polar surface area (TPSA) is 72.2 Å². The molecule has 20 heavy (non-hydrogen) atoms. The zero-order valence-corrected chi connectivity index (χ0v) is 12.6. The highest BCUT2D eigenvalue weighted by Gasteiger charge is 2.15. The first-order valence-corrected chi connectivity index (χ1v) is 7.84. The van der Waals surface area contributed by atoms with E-state index in [1.807, 2.05) is 0 Å². The van der Waals surface area contributed by atoms with E-state index >= 15 is 0 Å². The summed E-state index contributed by atoms with van der Waals surface area (Å²) in [5, 5.41) is 0.231. The van der Waals surface area contributed by atoms with Gasteiger partial charge in [-0.05, 0) is 30.3 Å². The van der Waals surface area contributed by atoms with Crippen molar-refractivity contribution in [2.45, 2.75) is 4.90 Å². The van der Waals surface area contributed by atoms with Crippen molar-refractivity contribution in [3.8, 4) is 0 Å². The van der Waals surface area contributed by atoms with Crippen molar-refractivity contribution < 1.29 is 8.42 Å². The van der Waals surface area contributed by atoms with Crippen molar-refractivity contribution in [3.05, 3.63) is 59.1 Å². The number of hydrogen-bond donors (Lipinski definition) is 2. The molecule has 7 heteroatoms. The molecule has 0 unspecified atom stereocenters. The molecule has 0 aliphatic rings. The van der Waals surface area contributed by atoms with Crippen LogP contribution < -0.4 is 10.5 Å². The molecular formula is C13H11ClN2O2S2. The first kappa shape index (κ1) is 14.8. The van der Waals surface area contributed by atoms with Gasteiger partial charge in [0, 0.05) is 5.56 Å². The third-order valence-corrected chi connectivity index (χ3v) is 4.48. The summed E-state index contributed by atoms with van der Waals surface area (Å²) in [6.45, 7) is 0. The van der Waals surface area contributed by atoms with E-state index in [1.54, 1.807) is 24.3 Å². The molecule has 0 saturated heterocycles. The molecule has 3 N–H and O–H groups in total. The molecule has 0 fully saturated rings. The van der Waals surface area contributed by atoms with Crippen molar-refractivity contribution >= 4 is 44.5 Å². The molecule has 4 nitrogen and oxygen atoms in total. The van der Waals surface area contributed by atoms with Gasteiger partial charge in [-0.1, -0.05) is 42.0 Å². The van der Waals surface area contributed by atoms with E-state index in [-0.39, 0.29) is 20.6 Å². The fraction of sp³-hybridized carbons (Fsp3) is 0. The van der Waals surface area contributed by atoms with Crippen molar-refractivity contribution in [2.75, 3.05) is 4.72 Å². The Hall–Kier alpha value is -1.63. The van der Waals surface area contributed by atoms with E-state index in [4.69, 9.17) is 29.6 Å². The van der Waals surface area contributed by atoms with Gasteiger partial charge in [-0.3, -0.25) is 4.72 Å². The third-order valence-electron chi connectivity index (χ3n) is 2.55. The Labute approximate surface area is 127 Å². The van der Waals surface area contributed by atoms with E-state index in [2.05, 4.69) is 4.72 Å². The summed E-state index contributed by atoms with van der Waals surface area (Å²) in [6, 6.07) is 12.7. The lowest BCUT2D eigenvalue weighted by Crippen LogP contribution is -2.14. The molecule has 0 bridgehead atoms. The Kier molecular flexibility index (Phi) is 4.27. The van der Waals surface area contributed by atoms with Crippen LogP contribution >= 0.6 is 23.8 Å². The fourth-order valence-corrected chi connectivity index (χ4v) is 3.07. The average Bonchev–Trinajstić information content (AvgIpc) is 2.41. The van der Waals surface area contributed by atoms with Gasteiger partial charge in [0.05, 0.1) is 15.6 Å². The SMILES string of the molecule is NC(=S)c1ccc(NS(=O)(=O)c2ccccc2)c(Cl)c1. The van der Waals surface area contributed by atoms with Crippen LogP contribution in [0.5, 0.6) is 0 Å². The highest BCUT2D eigenvalue weighted by molar-refractivity contribution is 7.92. The highest BCUT2D eigenvalue weighted by Crippen LogP contribution is 2.25. The summed E-state index contributed by atoms with van der Waals surface area (Å²) < 4.78 is 26.7. The van der Waals surface area contributed by atoms with Crippen LogP contribution in [0, 0.1) is 0 Å². The zero-order valence-electron chi connectivity index (χ0n) is 10.2. The Morgan fingerprint density at radius 3 is 2.35 bits per heavy atom. The minimum atomic E-state index is -3.67. The molecule has 0 aliphatic carbocycles. The number of nitrogens with one attached hydrogen (secondary N) is 1. The number of rotatable bonds is 4. The van der Waals surface area contributed by atoms with Gasteiger partial charge >= 0.3 is 0 Å². The largest absolute Gasteiger partial charge is 0.389 e. The number of halogens is 1. The molecule has 0 radical (unpaired) electrons. The minimum absolute atomic E-state index is 0.162. The molecule has 2 rings (SSSR count). The van der Waals surface area contributed by atoms with Crippen LogP contribution in [0.2, 0.25) is 5.02 Å². The lowest BCUT2D eigenvalue weighted by molar-refractivity contribution is 0.601. The van der Waals surface area contributed by atoms with Gasteiger partial charge in [-0.25, -0.2) is 8.42 Å². The van der Waals surface area contributed by atoms with Crippen LogP contribution in [0.4, 0.5) is 5.69 Å². The van der Waals surface area contributed by atoms with Crippen LogP contribution in [-0.4, -0.2) is 13.4 Å². The summed E-state index contributed by atoms with van der Waals surface area (Å²) in [4.78, 5) is 0.360. The van der Waals surface area contributed by atoms with Crippen molar-refractivity contribution in [3.63, 3.8) is 0 Å². The summed E-state index contributed by atoms with van der Waals surface area (Å²) in [5.41, 5.74) is 6.34. The van der Waals surface area contributed by atoms with E-state index < -0.39 is 10.0 Å². The maximum Gasteiger partial charge on any atom is 0.261 e. The van der Waals surface area contributed by atoms with E-state index in [9.17, 15) is 8.42 Å². The highest BCUT2D eigenvalue weighted by atomic mass is 35.5. The van der Waals surface area contributed by atoms with E-state index in [1.165, 1.54) is 24.3 Å². The summed E-state index contributed by atoms with van der Waals surface area (Å²) in [7, 11) is -3.67. The molecule has 0 aliphatic heterocycles. The summed E-state index contributed by atoms with van der Waals surface area (Å²) in [6.07, 6.45) is 0. The molecule has 2 aromatic rings. The van der Waals surface area contributed by atoms with E-state index in [0.29, 0.717) is 5.56 Å². The number of hydrogen-bond acceptors (Lipinski definition) is 3. The van der Waals surface area contributed by atoms with Gasteiger partial charge in [0.2, 0.25) is 0 Å². The first-order valence-electron chi connectivity index (χ1n) is 5.57. The fourth-order valence-electron chi connectivity index (χ4n) is 1.55. The zero-order chi connectivity index (χ0) is 14.8. The number of thiocarbonyl (C=S) groups is 1. The Bertz CT molecular complexity index is 746. The lowest BCUT2D eigenvalue weighted by Gasteiger charge is -2.10. The predicted molar refractivity (Wildman–Crippen MR) is 84.6 cm³/mol. The average molecular weight is 327 g/mol. The number of sulfonamides is 1. The number of benzene rings is 2. The second-order valence-electron chi connectivity index (χ2n) is 3.98. The second-order valence-corrected chi connectivity index (χ2v) is 6.51. The molecule has 0 spiro atoms. The Morgan fingerprint density at radius 2 is 1.80 bits per heavy atom. The first-order chi connectivity index (χ1) is 9.40. The van der Waals surface area contributed by atoms with E-state index in [0.717, 1.165) is 0 Å². The minimum Gasteiger partial charge on any atom is -0.389 e. The predicted octanol–water partition coefficient (Wildman–Crippen LogP) is 2.78.